The number of nitrogens with zero attached hydrogens (tertiary/aromatic N) is 1. The number of aromatic hydroxyl groups is 1. The number of anilines is 1. The Morgan fingerprint density at radius 2 is 2.04 bits per heavy atom. The van der Waals surface area contributed by atoms with E-state index in [1.54, 1.807) is 16.3 Å². The van der Waals surface area contributed by atoms with Crippen LogP contribution in [-0.2, 0) is 10.0 Å². The summed E-state index contributed by atoms with van der Waals surface area (Å²) in [6, 6.07) is 7.32. The smallest absolute Gasteiger partial charge is 0.271 e. The van der Waals surface area contributed by atoms with Crippen LogP contribution in [0.5, 0.6) is 5.75 Å². The maximum atomic E-state index is 12.5. The van der Waals surface area contributed by atoms with Crippen molar-refractivity contribution in [3.63, 3.8) is 0 Å². The topological polar surface area (TPSA) is 86.7 Å². The summed E-state index contributed by atoms with van der Waals surface area (Å²) in [4.78, 5) is 14.2. The second kappa shape index (κ2) is 8.35. The summed E-state index contributed by atoms with van der Waals surface area (Å²) < 4.78 is 27.0. The molecule has 0 bridgehead atoms. The van der Waals surface area contributed by atoms with Crippen LogP contribution >= 0.6 is 11.3 Å². The number of rotatable bonds is 8. The van der Waals surface area contributed by atoms with E-state index in [4.69, 9.17) is 0 Å². The Hall–Kier alpha value is -2.06. The Bertz CT molecular complexity index is 817. The highest BCUT2D eigenvalue weighted by molar-refractivity contribution is 7.94. The normalized spacial score (nSPS) is 11.3. The van der Waals surface area contributed by atoms with Crippen LogP contribution in [0.4, 0.5) is 5.69 Å². The molecule has 2 aromatic rings. The Kier molecular flexibility index (Phi) is 6.44. The second-order valence-corrected chi connectivity index (χ2v) is 8.36. The summed E-state index contributed by atoms with van der Waals surface area (Å²) in [5.74, 6) is -0.507. The summed E-state index contributed by atoms with van der Waals surface area (Å²) in [7, 11) is -3.69. The SMILES string of the molecule is CCCCN(CC)C(=O)c1ccc(NS(=O)(=O)c2cccs2)cc1O. The lowest BCUT2D eigenvalue weighted by Crippen LogP contribution is -2.31. The number of hydrogen-bond donors (Lipinski definition) is 2. The van der Waals surface area contributed by atoms with Crippen molar-refractivity contribution in [1.82, 2.24) is 4.90 Å². The lowest BCUT2D eigenvalue weighted by atomic mass is 10.1. The predicted molar refractivity (Wildman–Crippen MR) is 99.7 cm³/mol. The van der Waals surface area contributed by atoms with Gasteiger partial charge in [-0.2, -0.15) is 0 Å². The molecule has 0 aliphatic rings. The number of phenols is 1. The number of nitrogens with one attached hydrogen (secondary N) is 1. The molecule has 6 nitrogen and oxygen atoms in total. The molecule has 0 radical (unpaired) electrons. The van der Waals surface area contributed by atoms with Crippen molar-refractivity contribution < 1.29 is 18.3 Å². The monoisotopic (exact) mass is 382 g/mol. The van der Waals surface area contributed by atoms with Crippen LogP contribution in [0.3, 0.4) is 0 Å². The molecule has 8 heteroatoms. The number of carbonyl (C=O) groups excluding carboxylic acids is 1. The second-order valence-electron chi connectivity index (χ2n) is 5.51. The third-order valence-corrected chi connectivity index (χ3v) is 6.47. The first-order chi connectivity index (χ1) is 11.9. The Labute approximate surface area is 152 Å². The predicted octanol–water partition coefficient (Wildman–Crippen LogP) is 3.52. The molecular formula is C17H22N2O4S2. The first kappa shape index (κ1) is 19.3. The van der Waals surface area contributed by atoms with Gasteiger partial charge in [0, 0.05) is 19.2 Å². The Balaban J connectivity index is 2.19. The van der Waals surface area contributed by atoms with E-state index in [0.717, 1.165) is 24.2 Å². The molecule has 1 amide bonds. The number of sulfonamides is 1. The van der Waals surface area contributed by atoms with Crippen LogP contribution in [0.25, 0.3) is 0 Å². The van der Waals surface area contributed by atoms with Crippen LogP contribution in [0.1, 0.15) is 37.0 Å². The molecule has 0 aliphatic heterocycles. The molecule has 0 spiro atoms. The van der Waals surface area contributed by atoms with Crippen LogP contribution in [0.15, 0.2) is 39.9 Å². The summed E-state index contributed by atoms with van der Waals surface area (Å²) in [5, 5.41) is 11.8. The van der Waals surface area contributed by atoms with Gasteiger partial charge in [0.15, 0.2) is 0 Å². The highest BCUT2D eigenvalue weighted by Gasteiger charge is 2.20. The Morgan fingerprint density at radius 3 is 2.60 bits per heavy atom. The van der Waals surface area contributed by atoms with Gasteiger partial charge >= 0.3 is 0 Å². The standard InChI is InChI=1S/C17H22N2O4S2/c1-3-5-10-19(4-2)17(21)14-9-8-13(12-15(14)20)18-25(22,23)16-7-6-11-24-16/h6-9,11-12,18,20H,3-5,10H2,1-2H3. The zero-order chi connectivity index (χ0) is 18.4. The van der Waals surface area contributed by atoms with Crippen molar-refractivity contribution in [2.75, 3.05) is 17.8 Å². The van der Waals surface area contributed by atoms with Crippen LogP contribution in [0.2, 0.25) is 0 Å². The molecule has 136 valence electrons. The van der Waals surface area contributed by atoms with Crippen molar-refractivity contribution in [3.8, 4) is 5.75 Å². The molecule has 2 N–H and O–H groups in total. The van der Waals surface area contributed by atoms with Crippen molar-refractivity contribution in [1.29, 1.82) is 0 Å². The average Bonchev–Trinajstić information content (AvgIpc) is 3.10. The minimum absolute atomic E-state index is 0.164. The molecule has 1 aromatic heterocycles. The maximum absolute atomic E-state index is 12.5. The van der Waals surface area contributed by atoms with Crippen molar-refractivity contribution >= 4 is 33.0 Å². The van der Waals surface area contributed by atoms with Gasteiger partial charge in [0.05, 0.1) is 11.3 Å². The number of carbonyl (C=O) groups is 1. The highest BCUT2D eigenvalue weighted by Crippen LogP contribution is 2.26. The molecule has 0 saturated carbocycles. The number of amides is 1. The number of unbranched alkanes of at least 4 members (excludes halogenated alkanes) is 1. The first-order valence-electron chi connectivity index (χ1n) is 8.07. The molecule has 0 unspecified atom stereocenters. The zero-order valence-electron chi connectivity index (χ0n) is 14.2. The summed E-state index contributed by atoms with van der Waals surface area (Å²) in [6.07, 6.45) is 1.86. The number of hydrogen-bond acceptors (Lipinski definition) is 5. The van der Waals surface area contributed by atoms with E-state index >= 15 is 0 Å². The number of thiophene rings is 1. The summed E-state index contributed by atoms with van der Waals surface area (Å²) >= 11 is 1.10. The zero-order valence-corrected chi connectivity index (χ0v) is 15.9. The van der Waals surface area contributed by atoms with Gasteiger partial charge in [-0.05, 0) is 36.9 Å². The fourth-order valence-electron chi connectivity index (χ4n) is 2.32. The van der Waals surface area contributed by atoms with Gasteiger partial charge in [-0.1, -0.05) is 19.4 Å². The molecule has 0 atom stereocenters. The Morgan fingerprint density at radius 1 is 1.28 bits per heavy atom. The van der Waals surface area contributed by atoms with E-state index in [2.05, 4.69) is 4.72 Å². The average molecular weight is 383 g/mol. The van der Waals surface area contributed by atoms with Crippen molar-refractivity contribution in [2.24, 2.45) is 0 Å². The minimum Gasteiger partial charge on any atom is -0.507 e. The molecule has 1 heterocycles. The van der Waals surface area contributed by atoms with E-state index in [1.807, 2.05) is 13.8 Å². The van der Waals surface area contributed by atoms with Gasteiger partial charge in [-0.25, -0.2) is 8.42 Å². The molecule has 0 saturated heterocycles. The van der Waals surface area contributed by atoms with Gasteiger partial charge in [0.25, 0.3) is 15.9 Å². The van der Waals surface area contributed by atoms with E-state index in [1.165, 1.54) is 24.3 Å². The van der Waals surface area contributed by atoms with E-state index in [-0.39, 0.29) is 27.1 Å². The fourth-order valence-corrected chi connectivity index (χ4v) is 4.36. The van der Waals surface area contributed by atoms with Gasteiger partial charge in [0.1, 0.15) is 9.96 Å². The third-order valence-electron chi connectivity index (χ3n) is 3.69. The largest absolute Gasteiger partial charge is 0.507 e. The minimum atomic E-state index is -3.69. The number of phenolic OH excluding ortho intramolecular Hbond substituents is 1. The van der Waals surface area contributed by atoms with E-state index in [0.29, 0.717) is 13.1 Å². The number of benzene rings is 1. The molecular weight excluding hydrogens is 360 g/mol. The quantitative estimate of drug-likeness (QED) is 0.731. The highest BCUT2D eigenvalue weighted by atomic mass is 32.2. The first-order valence-corrected chi connectivity index (χ1v) is 10.4. The van der Waals surface area contributed by atoms with E-state index in [9.17, 15) is 18.3 Å². The molecule has 0 aliphatic carbocycles. The van der Waals surface area contributed by atoms with Gasteiger partial charge in [-0.15, -0.1) is 11.3 Å². The maximum Gasteiger partial charge on any atom is 0.271 e. The van der Waals surface area contributed by atoms with Crippen LogP contribution < -0.4 is 4.72 Å². The van der Waals surface area contributed by atoms with Crippen LogP contribution in [0, 0.1) is 0 Å². The third kappa shape index (κ3) is 4.73. The fraction of sp³-hybridized carbons (Fsp3) is 0.353. The molecule has 0 fully saturated rings. The molecule has 25 heavy (non-hydrogen) atoms. The summed E-state index contributed by atoms with van der Waals surface area (Å²) in [6.45, 7) is 5.10. The van der Waals surface area contributed by atoms with Crippen LogP contribution in [-0.4, -0.2) is 37.4 Å². The summed E-state index contributed by atoms with van der Waals surface area (Å²) in [5.41, 5.74) is 0.371. The van der Waals surface area contributed by atoms with Gasteiger partial charge in [-0.3, -0.25) is 9.52 Å². The molecule has 1 aromatic carbocycles. The van der Waals surface area contributed by atoms with Gasteiger partial charge < -0.3 is 10.0 Å². The van der Waals surface area contributed by atoms with E-state index < -0.39 is 10.0 Å². The van der Waals surface area contributed by atoms with Crippen molar-refractivity contribution in [3.05, 3.63) is 41.3 Å². The molecule has 2 rings (SSSR count). The lowest BCUT2D eigenvalue weighted by Gasteiger charge is -2.21. The lowest BCUT2D eigenvalue weighted by molar-refractivity contribution is 0.0759. The van der Waals surface area contributed by atoms with Gasteiger partial charge in [0.2, 0.25) is 0 Å². The van der Waals surface area contributed by atoms with Crippen molar-refractivity contribution in [2.45, 2.75) is 30.9 Å².